The summed E-state index contributed by atoms with van der Waals surface area (Å²) in [5.74, 6) is 0.166. The number of halogens is 3. The lowest BCUT2D eigenvalue weighted by molar-refractivity contribution is 0.0944. The van der Waals surface area contributed by atoms with Crippen LogP contribution in [0.3, 0.4) is 0 Å². The average molecular weight is 531 g/mol. The predicted octanol–water partition coefficient (Wildman–Crippen LogP) is 3.08. The molecule has 0 radical (unpaired) electrons. The minimum atomic E-state index is -0.457. The second-order valence-electron chi connectivity index (χ2n) is 6.42. The van der Waals surface area contributed by atoms with Crippen molar-refractivity contribution in [2.24, 2.45) is 0 Å². The summed E-state index contributed by atoms with van der Waals surface area (Å²) in [7, 11) is 1.54. The molecule has 0 spiro atoms. The molecular formula is C20H22BrClFN5O4. The van der Waals surface area contributed by atoms with Gasteiger partial charge < -0.3 is 25.8 Å². The van der Waals surface area contributed by atoms with Gasteiger partial charge in [-0.2, -0.15) is 0 Å². The third-order valence-electron chi connectivity index (χ3n) is 4.26. The molecule has 0 fully saturated rings. The number of nitrogens with one attached hydrogen (secondary N) is 2. The molecule has 0 aliphatic carbocycles. The van der Waals surface area contributed by atoms with Crippen LogP contribution in [0.4, 0.5) is 10.2 Å². The Balaban J connectivity index is 0.00000363. The van der Waals surface area contributed by atoms with Gasteiger partial charge in [0, 0.05) is 25.2 Å². The first-order chi connectivity index (χ1) is 15.0. The molecule has 0 saturated carbocycles. The van der Waals surface area contributed by atoms with Crippen LogP contribution in [-0.4, -0.2) is 36.4 Å². The number of rotatable bonds is 10. The van der Waals surface area contributed by atoms with E-state index >= 15 is 0 Å². The standard InChI is InChI=1S/C20H21BrFN5O4.ClH/c1-29-16-9-12(10-24-6-7-25-20(28)17-19(23)27-31-26-17)8-14(21)18(16)30-11-13-4-2-3-5-15(13)22;/h2-5,8-9,24H,6-7,10-11H2,1H3,(H2,23,27)(H,25,28);1H. The van der Waals surface area contributed by atoms with Gasteiger partial charge >= 0.3 is 0 Å². The van der Waals surface area contributed by atoms with Crippen LogP contribution in [0.1, 0.15) is 21.6 Å². The number of carbonyl (C=O) groups excluding carboxylic acids is 1. The molecule has 3 rings (SSSR count). The lowest BCUT2D eigenvalue weighted by Crippen LogP contribution is -2.32. The number of carbonyl (C=O) groups is 1. The number of hydrogen-bond donors (Lipinski definition) is 3. The van der Waals surface area contributed by atoms with Crippen LogP contribution >= 0.6 is 28.3 Å². The van der Waals surface area contributed by atoms with Crippen molar-refractivity contribution < 1.29 is 23.3 Å². The number of nitrogen functional groups attached to an aromatic ring is 1. The zero-order valence-electron chi connectivity index (χ0n) is 17.1. The number of amides is 1. The number of nitrogens with two attached hydrogens (primary N) is 1. The first kappa shape index (κ1) is 25.4. The molecular weight excluding hydrogens is 509 g/mol. The van der Waals surface area contributed by atoms with E-state index in [4.69, 9.17) is 15.2 Å². The van der Waals surface area contributed by atoms with Crippen molar-refractivity contribution in [1.82, 2.24) is 20.9 Å². The first-order valence-electron chi connectivity index (χ1n) is 9.29. The second kappa shape index (κ2) is 12.2. The largest absolute Gasteiger partial charge is 0.493 e. The van der Waals surface area contributed by atoms with Crippen LogP contribution in [-0.2, 0) is 13.2 Å². The van der Waals surface area contributed by atoms with Crippen LogP contribution in [0.25, 0.3) is 0 Å². The Morgan fingerprint density at radius 1 is 1.25 bits per heavy atom. The summed E-state index contributed by atoms with van der Waals surface area (Å²) in [6.45, 7) is 1.45. The molecule has 32 heavy (non-hydrogen) atoms. The molecule has 0 aliphatic heterocycles. The number of ether oxygens (including phenoxy) is 2. The normalized spacial score (nSPS) is 10.3. The quantitative estimate of drug-likeness (QED) is 0.342. The van der Waals surface area contributed by atoms with Crippen molar-refractivity contribution in [3.8, 4) is 11.5 Å². The number of benzene rings is 2. The van der Waals surface area contributed by atoms with E-state index in [-0.39, 0.29) is 36.3 Å². The lowest BCUT2D eigenvalue weighted by atomic mass is 10.2. The fraction of sp³-hybridized carbons (Fsp3) is 0.250. The fourth-order valence-corrected chi connectivity index (χ4v) is 3.32. The van der Waals surface area contributed by atoms with Gasteiger partial charge in [0.1, 0.15) is 12.4 Å². The number of hydrogen-bond acceptors (Lipinski definition) is 8. The van der Waals surface area contributed by atoms with Gasteiger partial charge in [-0.1, -0.05) is 18.2 Å². The van der Waals surface area contributed by atoms with Gasteiger partial charge in [-0.25, -0.2) is 9.02 Å². The summed E-state index contributed by atoms with van der Waals surface area (Å²) >= 11 is 3.48. The Hall–Kier alpha value is -2.89. The van der Waals surface area contributed by atoms with Gasteiger partial charge in [-0.15, -0.1) is 12.4 Å². The van der Waals surface area contributed by atoms with Crippen molar-refractivity contribution in [1.29, 1.82) is 0 Å². The van der Waals surface area contributed by atoms with E-state index in [2.05, 4.69) is 41.5 Å². The molecule has 9 nitrogen and oxygen atoms in total. The summed E-state index contributed by atoms with van der Waals surface area (Å²) in [6.07, 6.45) is 0. The Morgan fingerprint density at radius 3 is 2.72 bits per heavy atom. The number of nitrogens with zero attached hydrogens (tertiary/aromatic N) is 2. The van der Waals surface area contributed by atoms with Gasteiger partial charge in [0.05, 0.1) is 11.6 Å². The Kier molecular flexibility index (Phi) is 9.69. The number of methoxy groups -OCH3 is 1. The third-order valence-corrected chi connectivity index (χ3v) is 4.85. The highest BCUT2D eigenvalue weighted by atomic mass is 79.9. The summed E-state index contributed by atoms with van der Waals surface area (Å²) in [5, 5.41) is 12.7. The summed E-state index contributed by atoms with van der Waals surface area (Å²) < 4.78 is 30.1. The van der Waals surface area contributed by atoms with Crippen LogP contribution < -0.4 is 25.8 Å². The number of anilines is 1. The van der Waals surface area contributed by atoms with E-state index in [1.165, 1.54) is 13.2 Å². The molecule has 0 unspecified atom stereocenters. The predicted molar refractivity (Wildman–Crippen MR) is 121 cm³/mol. The topological polar surface area (TPSA) is 125 Å². The molecule has 0 bridgehead atoms. The maximum Gasteiger partial charge on any atom is 0.277 e. The minimum Gasteiger partial charge on any atom is -0.493 e. The van der Waals surface area contributed by atoms with Crippen LogP contribution in [0, 0.1) is 5.82 Å². The molecule has 0 aliphatic rings. The van der Waals surface area contributed by atoms with Crippen molar-refractivity contribution in [3.05, 3.63) is 63.5 Å². The van der Waals surface area contributed by atoms with Crippen LogP contribution in [0.2, 0.25) is 0 Å². The SMILES string of the molecule is COc1cc(CNCCNC(=O)c2nonc2N)cc(Br)c1OCc1ccccc1F.Cl. The Bertz CT molecular complexity index is 1050. The van der Waals surface area contributed by atoms with Crippen LogP contribution in [0.5, 0.6) is 11.5 Å². The van der Waals surface area contributed by atoms with Crippen LogP contribution in [0.15, 0.2) is 45.5 Å². The summed E-state index contributed by atoms with van der Waals surface area (Å²) in [4.78, 5) is 11.9. The van der Waals surface area contributed by atoms with E-state index < -0.39 is 5.91 Å². The van der Waals surface area contributed by atoms with Crippen molar-refractivity contribution in [2.75, 3.05) is 25.9 Å². The summed E-state index contributed by atoms with van der Waals surface area (Å²) in [6, 6.07) is 10.1. The highest BCUT2D eigenvalue weighted by Gasteiger charge is 2.15. The molecule has 4 N–H and O–H groups in total. The first-order valence-corrected chi connectivity index (χ1v) is 10.1. The molecule has 3 aromatic rings. The molecule has 172 valence electrons. The molecule has 1 aromatic heterocycles. The van der Waals surface area contributed by atoms with Crippen molar-refractivity contribution in [2.45, 2.75) is 13.2 Å². The monoisotopic (exact) mass is 529 g/mol. The second-order valence-corrected chi connectivity index (χ2v) is 7.27. The Labute approximate surface area is 198 Å². The molecule has 0 atom stereocenters. The third kappa shape index (κ3) is 6.55. The maximum absolute atomic E-state index is 13.8. The lowest BCUT2D eigenvalue weighted by Gasteiger charge is -2.15. The molecule has 12 heteroatoms. The van der Waals surface area contributed by atoms with Gasteiger partial charge in [-0.3, -0.25) is 4.79 Å². The molecule has 1 amide bonds. The summed E-state index contributed by atoms with van der Waals surface area (Å²) in [5.41, 5.74) is 6.81. The van der Waals surface area contributed by atoms with Crippen molar-refractivity contribution >= 4 is 40.1 Å². The van der Waals surface area contributed by atoms with E-state index in [1.54, 1.807) is 18.2 Å². The zero-order valence-corrected chi connectivity index (χ0v) is 19.5. The van der Waals surface area contributed by atoms with Crippen molar-refractivity contribution in [3.63, 3.8) is 0 Å². The average Bonchev–Trinajstić information content (AvgIpc) is 3.19. The van der Waals surface area contributed by atoms with Gasteiger partial charge in [-0.05, 0) is 50.0 Å². The molecule has 2 aromatic carbocycles. The van der Waals surface area contributed by atoms with E-state index in [0.717, 1.165) is 5.56 Å². The van der Waals surface area contributed by atoms with E-state index in [9.17, 15) is 9.18 Å². The van der Waals surface area contributed by atoms with E-state index in [1.807, 2.05) is 12.1 Å². The maximum atomic E-state index is 13.8. The number of aromatic nitrogens is 2. The van der Waals surface area contributed by atoms with E-state index in [0.29, 0.717) is 41.2 Å². The van der Waals surface area contributed by atoms with Gasteiger partial charge in [0.2, 0.25) is 11.5 Å². The minimum absolute atomic E-state index is 0. The van der Waals surface area contributed by atoms with Gasteiger partial charge in [0.25, 0.3) is 5.91 Å². The highest BCUT2D eigenvalue weighted by molar-refractivity contribution is 9.10. The molecule has 0 saturated heterocycles. The fourth-order valence-electron chi connectivity index (χ4n) is 2.71. The zero-order chi connectivity index (χ0) is 22.2. The Morgan fingerprint density at radius 2 is 2.03 bits per heavy atom. The van der Waals surface area contributed by atoms with Gasteiger partial charge in [0.15, 0.2) is 11.5 Å². The molecule has 1 heterocycles. The smallest absolute Gasteiger partial charge is 0.277 e. The highest BCUT2D eigenvalue weighted by Crippen LogP contribution is 2.37.